The Bertz CT molecular complexity index is 427. The summed E-state index contributed by atoms with van der Waals surface area (Å²) in [5.74, 6) is 0.436. The molecule has 0 radical (unpaired) electrons. The van der Waals surface area contributed by atoms with Crippen molar-refractivity contribution in [3.63, 3.8) is 0 Å². The Kier molecular flexibility index (Phi) is 5.41. The number of nitrogens with two attached hydrogens (primary N) is 1. The van der Waals surface area contributed by atoms with Gasteiger partial charge < -0.3 is 15.8 Å². The van der Waals surface area contributed by atoms with Gasteiger partial charge in [-0.05, 0) is 43.4 Å². The fourth-order valence-electron chi connectivity index (χ4n) is 2.06. The van der Waals surface area contributed by atoms with Gasteiger partial charge in [0.15, 0.2) is 0 Å². The van der Waals surface area contributed by atoms with E-state index >= 15 is 0 Å². The quantitative estimate of drug-likeness (QED) is 0.725. The molecule has 0 heterocycles. The monoisotopic (exact) mass is 276 g/mol. The Labute approximate surface area is 120 Å². The molecule has 1 unspecified atom stereocenters. The van der Waals surface area contributed by atoms with Crippen LogP contribution in [0.3, 0.4) is 0 Å². The number of carbonyl (C=O) groups excluding carboxylic acids is 1. The van der Waals surface area contributed by atoms with Crippen LogP contribution >= 0.6 is 0 Å². The third-order valence-electron chi connectivity index (χ3n) is 3.52. The Hall–Kier alpha value is -1.55. The lowest BCUT2D eigenvalue weighted by atomic mass is 10.1. The number of amides is 1. The lowest BCUT2D eigenvalue weighted by Gasteiger charge is -2.16. The standard InChI is InChI=1S/C16H24N2O2/c1-2-3-4-12-5-9-14(10-6-12)20-11-15(16(17)19)18-13-7-8-13/h5-6,9-10,13,15,18H,2-4,7-8,11H2,1H3,(H2,17,19). The molecule has 0 bridgehead atoms. The maximum atomic E-state index is 11.3. The third kappa shape index (κ3) is 4.85. The van der Waals surface area contributed by atoms with Gasteiger partial charge in [-0.3, -0.25) is 4.79 Å². The summed E-state index contributed by atoms with van der Waals surface area (Å²) < 4.78 is 5.65. The number of aryl methyl sites for hydroxylation is 1. The second kappa shape index (κ2) is 7.29. The fourth-order valence-corrected chi connectivity index (χ4v) is 2.06. The molecule has 2 rings (SSSR count). The first-order valence-corrected chi connectivity index (χ1v) is 7.46. The van der Waals surface area contributed by atoms with E-state index in [9.17, 15) is 4.79 Å². The molecule has 20 heavy (non-hydrogen) atoms. The third-order valence-corrected chi connectivity index (χ3v) is 3.52. The molecule has 1 aliphatic carbocycles. The van der Waals surface area contributed by atoms with Crippen LogP contribution in [0.2, 0.25) is 0 Å². The van der Waals surface area contributed by atoms with Crippen molar-refractivity contribution >= 4 is 5.91 Å². The van der Waals surface area contributed by atoms with Gasteiger partial charge in [0.1, 0.15) is 18.4 Å². The summed E-state index contributed by atoms with van der Waals surface area (Å²) in [4.78, 5) is 11.3. The van der Waals surface area contributed by atoms with Crippen LogP contribution in [-0.4, -0.2) is 24.6 Å². The second-order valence-electron chi connectivity index (χ2n) is 5.45. The highest BCUT2D eigenvalue weighted by Crippen LogP contribution is 2.20. The van der Waals surface area contributed by atoms with E-state index in [1.165, 1.54) is 18.4 Å². The molecule has 1 aromatic rings. The number of carbonyl (C=O) groups is 1. The fraction of sp³-hybridized carbons (Fsp3) is 0.562. The minimum Gasteiger partial charge on any atom is -0.491 e. The van der Waals surface area contributed by atoms with E-state index < -0.39 is 6.04 Å². The van der Waals surface area contributed by atoms with Crippen molar-refractivity contribution in [3.8, 4) is 5.75 Å². The number of primary amides is 1. The summed E-state index contributed by atoms with van der Waals surface area (Å²) in [5.41, 5.74) is 6.70. The average Bonchev–Trinajstić information content (AvgIpc) is 3.26. The molecule has 3 N–H and O–H groups in total. The average molecular weight is 276 g/mol. The van der Waals surface area contributed by atoms with E-state index in [0.717, 1.165) is 25.0 Å². The molecule has 0 aliphatic heterocycles. The molecule has 1 fully saturated rings. The van der Waals surface area contributed by atoms with Crippen molar-refractivity contribution in [2.45, 2.75) is 51.1 Å². The molecule has 4 heteroatoms. The normalized spacial score (nSPS) is 15.8. The number of rotatable bonds is 9. The van der Waals surface area contributed by atoms with Crippen LogP contribution in [0.5, 0.6) is 5.75 Å². The van der Waals surface area contributed by atoms with Gasteiger partial charge in [-0.1, -0.05) is 25.5 Å². The van der Waals surface area contributed by atoms with Crippen molar-refractivity contribution in [3.05, 3.63) is 29.8 Å². The van der Waals surface area contributed by atoms with Gasteiger partial charge in [-0.25, -0.2) is 0 Å². The van der Waals surface area contributed by atoms with Crippen molar-refractivity contribution in [2.75, 3.05) is 6.61 Å². The molecule has 1 atom stereocenters. The zero-order valence-electron chi connectivity index (χ0n) is 12.1. The largest absolute Gasteiger partial charge is 0.491 e. The molecule has 0 aromatic heterocycles. The molecule has 4 nitrogen and oxygen atoms in total. The first kappa shape index (κ1) is 14.9. The van der Waals surface area contributed by atoms with Crippen LogP contribution in [0.15, 0.2) is 24.3 Å². The van der Waals surface area contributed by atoms with Gasteiger partial charge in [0.2, 0.25) is 5.91 Å². The molecular formula is C16H24N2O2. The number of hydrogen-bond donors (Lipinski definition) is 2. The van der Waals surface area contributed by atoms with Crippen LogP contribution in [0.4, 0.5) is 0 Å². The Morgan fingerprint density at radius 2 is 2.10 bits per heavy atom. The van der Waals surface area contributed by atoms with E-state index in [0.29, 0.717) is 12.6 Å². The highest BCUT2D eigenvalue weighted by atomic mass is 16.5. The number of hydrogen-bond acceptors (Lipinski definition) is 3. The summed E-state index contributed by atoms with van der Waals surface area (Å²) in [6, 6.07) is 8.12. The molecule has 1 aliphatic rings. The van der Waals surface area contributed by atoms with Crippen LogP contribution in [0, 0.1) is 0 Å². The zero-order valence-corrected chi connectivity index (χ0v) is 12.1. The molecule has 1 saturated carbocycles. The molecule has 1 amide bonds. The van der Waals surface area contributed by atoms with E-state index in [-0.39, 0.29) is 5.91 Å². The number of ether oxygens (including phenoxy) is 1. The summed E-state index contributed by atoms with van der Waals surface area (Å²) in [5, 5.41) is 3.20. The molecular weight excluding hydrogens is 252 g/mol. The topological polar surface area (TPSA) is 64.3 Å². The maximum Gasteiger partial charge on any atom is 0.238 e. The minimum atomic E-state index is -0.401. The van der Waals surface area contributed by atoms with E-state index in [4.69, 9.17) is 10.5 Å². The van der Waals surface area contributed by atoms with Gasteiger partial charge in [-0.2, -0.15) is 0 Å². The Morgan fingerprint density at radius 3 is 2.65 bits per heavy atom. The summed E-state index contributed by atoms with van der Waals surface area (Å²) in [6.07, 6.45) is 5.75. The number of unbranched alkanes of at least 4 members (excludes halogenated alkanes) is 1. The van der Waals surface area contributed by atoms with Crippen molar-refractivity contribution < 1.29 is 9.53 Å². The lowest BCUT2D eigenvalue weighted by molar-refractivity contribution is -0.120. The Morgan fingerprint density at radius 1 is 1.40 bits per heavy atom. The van der Waals surface area contributed by atoms with Crippen LogP contribution < -0.4 is 15.8 Å². The summed E-state index contributed by atoms with van der Waals surface area (Å²) in [6.45, 7) is 2.48. The minimum absolute atomic E-state index is 0.292. The SMILES string of the molecule is CCCCc1ccc(OCC(NC2CC2)C(N)=O)cc1. The maximum absolute atomic E-state index is 11.3. The van der Waals surface area contributed by atoms with Crippen LogP contribution in [-0.2, 0) is 11.2 Å². The molecule has 0 saturated heterocycles. The van der Waals surface area contributed by atoms with Crippen molar-refractivity contribution in [1.29, 1.82) is 0 Å². The van der Waals surface area contributed by atoms with Gasteiger partial charge in [0.25, 0.3) is 0 Å². The number of benzene rings is 1. The van der Waals surface area contributed by atoms with Crippen LogP contribution in [0.1, 0.15) is 38.2 Å². The highest BCUT2D eigenvalue weighted by Gasteiger charge is 2.27. The van der Waals surface area contributed by atoms with Crippen molar-refractivity contribution in [2.24, 2.45) is 5.73 Å². The highest BCUT2D eigenvalue weighted by molar-refractivity contribution is 5.80. The predicted octanol–water partition coefficient (Wildman–Crippen LogP) is 2.01. The predicted molar refractivity (Wildman–Crippen MR) is 79.7 cm³/mol. The smallest absolute Gasteiger partial charge is 0.238 e. The van der Waals surface area contributed by atoms with Gasteiger partial charge in [0, 0.05) is 6.04 Å². The van der Waals surface area contributed by atoms with Crippen molar-refractivity contribution in [1.82, 2.24) is 5.32 Å². The van der Waals surface area contributed by atoms with Gasteiger partial charge in [0.05, 0.1) is 0 Å². The molecule has 0 spiro atoms. The molecule has 110 valence electrons. The van der Waals surface area contributed by atoms with E-state index in [1.807, 2.05) is 12.1 Å². The number of nitrogens with one attached hydrogen (secondary N) is 1. The zero-order chi connectivity index (χ0) is 14.4. The molecule has 1 aromatic carbocycles. The first-order valence-electron chi connectivity index (χ1n) is 7.46. The van der Waals surface area contributed by atoms with Crippen LogP contribution in [0.25, 0.3) is 0 Å². The van der Waals surface area contributed by atoms with E-state index in [2.05, 4.69) is 24.4 Å². The van der Waals surface area contributed by atoms with Gasteiger partial charge >= 0.3 is 0 Å². The summed E-state index contributed by atoms with van der Waals surface area (Å²) >= 11 is 0. The first-order chi connectivity index (χ1) is 9.69. The Balaban J connectivity index is 1.80. The lowest BCUT2D eigenvalue weighted by Crippen LogP contribution is -2.46. The second-order valence-corrected chi connectivity index (χ2v) is 5.45. The van der Waals surface area contributed by atoms with Gasteiger partial charge in [-0.15, -0.1) is 0 Å². The van der Waals surface area contributed by atoms with E-state index in [1.54, 1.807) is 0 Å². The summed E-state index contributed by atoms with van der Waals surface area (Å²) in [7, 11) is 0.